The van der Waals surface area contributed by atoms with Gasteiger partial charge in [0.25, 0.3) is 5.91 Å². The average Bonchev–Trinajstić information content (AvgIpc) is 2.78. The molecule has 148 valence electrons. The summed E-state index contributed by atoms with van der Waals surface area (Å²) in [4.78, 5) is 28.5. The maximum absolute atomic E-state index is 12.4. The van der Waals surface area contributed by atoms with E-state index in [-0.39, 0.29) is 12.3 Å². The lowest BCUT2D eigenvalue weighted by Gasteiger charge is -2.17. The summed E-state index contributed by atoms with van der Waals surface area (Å²) in [6.45, 7) is 0.447. The molecule has 0 radical (unpaired) electrons. The lowest BCUT2D eigenvalue weighted by molar-refractivity contribution is -0.142. The normalized spacial score (nSPS) is 11.3. The Morgan fingerprint density at radius 3 is 2.52 bits per heavy atom. The Kier molecular flexibility index (Phi) is 6.95. The highest BCUT2D eigenvalue weighted by Gasteiger charge is 2.23. The third kappa shape index (κ3) is 5.90. The van der Waals surface area contributed by atoms with Gasteiger partial charge in [-0.15, -0.1) is 0 Å². The van der Waals surface area contributed by atoms with Crippen molar-refractivity contribution in [1.29, 1.82) is 0 Å². The summed E-state index contributed by atoms with van der Waals surface area (Å²) >= 11 is 0. The van der Waals surface area contributed by atoms with Crippen LogP contribution in [-0.4, -0.2) is 30.0 Å². The van der Waals surface area contributed by atoms with Crippen LogP contribution in [0.5, 0.6) is 5.75 Å². The zero-order valence-electron chi connectivity index (χ0n) is 16.1. The van der Waals surface area contributed by atoms with Crippen molar-refractivity contribution in [2.45, 2.75) is 19.1 Å². The molecule has 0 spiro atoms. The van der Waals surface area contributed by atoms with E-state index in [1.807, 2.05) is 54.6 Å². The Morgan fingerprint density at radius 1 is 1.00 bits per heavy atom. The van der Waals surface area contributed by atoms with Crippen molar-refractivity contribution in [3.63, 3.8) is 0 Å². The van der Waals surface area contributed by atoms with E-state index in [4.69, 9.17) is 9.47 Å². The lowest BCUT2D eigenvalue weighted by atomic mass is 10.1. The fourth-order valence-electron chi connectivity index (χ4n) is 2.81. The first kappa shape index (κ1) is 20.1. The molecule has 3 rings (SSSR count). The number of methoxy groups -OCH3 is 1. The van der Waals surface area contributed by atoms with Gasteiger partial charge < -0.3 is 14.8 Å². The van der Waals surface area contributed by atoms with Crippen molar-refractivity contribution < 1.29 is 19.1 Å². The number of benzene rings is 2. The number of ether oxygens (including phenoxy) is 2. The highest BCUT2D eigenvalue weighted by molar-refractivity contribution is 5.96. The summed E-state index contributed by atoms with van der Waals surface area (Å²) in [6.07, 6.45) is 3.30. The van der Waals surface area contributed by atoms with Crippen LogP contribution >= 0.6 is 0 Å². The monoisotopic (exact) mass is 390 g/mol. The number of hydrogen-bond donors (Lipinski definition) is 1. The van der Waals surface area contributed by atoms with Crippen LogP contribution in [0.2, 0.25) is 0 Å². The van der Waals surface area contributed by atoms with Crippen LogP contribution in [0, 0.1) is 0 Å². The number of pyridine rings is 1. The Balaban J connectivity index is 1.67. The largest absolute Gasteiger partial charge is 0.489 e. The number of esters is 1. The van der Waals surface area contributed by atoms with Crippen molar-refractivity contribution in [2.24, 2.45) is 0 Å². The van der Waals surface area contributed by atoms with E-state index in [0.717, 1.165) is 11.1 Å². The third-order valence-corrected chi connectivity index (χ3v) is 4.30. The molecule has 0 bridgehead atoms. The molecule has 0 aliphatic heterocycles. The molecule has 29 heavy (non-hydrogen) atoms. The summed E-state index contributed by atoms with van der Waals surface area (Å²) in [5, 5.41) is 2.72. The standard InChI is InChI=1S/C23H22N2O4/c1-28-23(27)21(25-22(26)19-10-6-12-24-15-19)14-18-9-5-11-20(13-18)29-16-17-7-3-2-4-8-17/h2-13,15,21H,14,16H2,1H3,(H,25,26)/t21-/m1/s1. The van der Waals surface area contributed by atoms with Crippen LogP contribution in [0.25, 0.3) is 0 Å². The molecule has 0 unspecified atom stereocenters. The van der Waals surface area contributed by atoms with Gasteiger partial charge in [-0.05, 0) is 35.4 Å². The Morgan fingerprint density at radius 2 is 1.79 bits per heavy atom. The van der Waals surface area contributed by atoms with Gasteiger partial charge in [0.1, 0.15) is 18.4 Å². The molecule has 3 aromatic rings. The van der Waals surface area contributed by atoms with Crippen LogP contribution in [0.1, 0.15) is 21.5 Å². The van der Waals surface area contributed by atoms with Gasteiger partial charge in [0, 0.05) is 18.8 Å². The molecule has 0 fully saturated rings. The van der Waals surface area contributed by atoms with Gasteiger partial charge in [0.15, 0.2) is 0 Å². The van der Waals surface area contributed by atoms with Crippen molar-refractivity contribution in [1.82, 2.24) is 10.3 Å². The number of nitrogens with one attached hydrogen (secondary N) is 1. The highest BCUT2D eigenvalue weighted by Crippen LogP contribution is 2.17. The molecule has 1 N–H and O–H groups in total. The zero-order chi connectivity index (χ0) is 20.5. The van der Waals surface area contributed by atoms with E-state index in [9.17, 15) is 9.59 Å². The summed E-state index contributed by atoms with van der Waals surface area (Å²) in [7, 11) is 1.30. The van der Waals surface area contributed by atoms with Gasteiger partial charge in [-0.3, -0.25) is 9.78 Å². The van der Waals surface area contributed by atoms with Gasteiger partial charge >= 0.3 is 5.97 Å². The molecule has 6 heteroatoms. The van der Waals surface area contributed by atoms with Crippen molar-refractivity contribution in [3.8, 4) is 5.75 Å². The van der Waals surface area contributed by atoms with Crippen LogP contribution in [0.15, 0.2) is 79.1 Å². The average molecular weight is 390 g/mol. The molecular formula is C23H22N2O4. The molecule has 0 aliphatic rings. The number of rotatable bonds is 8. The van der Waals surface area contributed by atoms with E-state index < -0.39 is 12.0 Å². The third-order valence-electron chi connectivity index (χ3n) is 4.30. The second-order valence-electron chi connectivity index (χ2n) is 6.42. The lowest BCUT2D eigenvalue weighted by Crippen LogP contribution is -2.43. The molecule has 1 aromatic heterocycles. The number of carbonyl (C=O) groups excluding carboxylic acids is 2. The van der Waals surface area contributed by atoms with Crippen molar-refractivity contribution >= 4 is 11.9 Å². The molecule has 0 saturated carbocycles. The summed E-state index contributed by atoms with van der Waals surface area (Å²) in [5.41, 5.74) is 2.29. The van der Waals surface area contributed by atoms with Gasteiger partial charge in [-0.2, -0.15) is 0 Å². The first-order valence-corrected chi connectivity index (χ1v) is 9.20. The summed E-state index contributed by atoms with van der Waals surface area (Å²) in [5.74, 6) is -0.212. The van der Waals surface area contributed by atoms with Gasteiger partial charge in [0.2, 0.25) is 0 Å². The van der Waals surface area contributed by atoms with Gasteiger partial charge in [-0.25, -0.2) is 4.79 Å². The molecular weight excluding hydrogens is 368 g/mol. The fourth-order valence-corrected chi connectivity index (χ4v) is 2.81. The number of hydrogen-bond acceptors (Lipinski definition) is 5. The molecule has 2 aromatic carbocycles. The van der Waals surface area contributed by atoms with Crippen LogP contribution in [0.4, 0.5) is 0 Å². The first-order valence-electron chi connectivity index (χ1n) is 9.20. The maximum atomic E-state index is 12.4. The van der Waals surface area contributed by atoms with Gasteiger partial charge in [-0.1, -0.05) is 42.5 Å². The minimum Gasteiger partial charge on any atom is -0.489 e. The molecule has 1 heterocycles. The van der Waals surface area contributed by atoms with Crippen LogP contribution in [0.3, 0.4) is 0 Å². The van der Waals surface area contributed by atoms with E-state index >= 15 is 0 Å². The van der Waals surface area contributed by atoms with E-state index in [1.165, 1.54) is 13.3 Å². The molecule has 6 nitrogen and oxygen atoms in total. The highest BCUT2D eigenvalue weighted by atomic mass is 16.5. The maximum Gasteiger partial charge on any atom is 0.328 e. The number of carbonyl (C=O) groups is 2. The van der Waals surface area contributed by atoms with Crippen molar-refractivity contribution in [3.05, 3.63) is 95.8 Å². The smallest absolute Gasteiger partial charge is 0.328 e. The summed E-state index contributed by atoms with van der Waals surface area (Å²) < 4.78 is 10.7. The number of aromatic nitrogens is 1. The van der Waals surface area contributed by atoms with E-state index in [0.29, 0.717) is 17.9 Å². The Labute approximate surface area is 169 Å². The van der Waals surface area contributed by atoms with Crippen molar-refractivity contribution in [2.75, 3.05) is 7.11 Å². The topological polar surface area (TPSA) is 77.5 Å². The first-order chi connectivity index (χ1) is 14.2. The quantitative estimate of drug-likeness (QED) is 0.598. The Bertz CT molecular complexity index is 945. The molecule has 1 amide bonds. The minimum absolute atomic E-state index is 0.279. The predicted octanol–water partition coefficient (Wildman–Crippen LogP) is 3.17. The SMILES string of the molecule is COC(=O)[C@@H](Cc1cccc(OCc2ccccc2)c1)NC(=O)c1cccnc1. The van der Waals surface area contributed by atoms with E-state index in [1.54, 1.807) is 18.3 Å². The molecule has 0 aliphatic carbocycles. The second-order valence-corrected chi connectivity index (χ2v) is 6.42. The predicted molar refractivity (Wildman–Crippen MR) is 108 cm³/mol. The Hall–Kier alpha value is -3.67. The molecule has 0 saturated heterocycles. The second kappa shape index (κ2) is 10.0. The molecule has 1 atom stereocenters. The van der Waals surface area contributed by atoms with Crippen LogP contribution in [-0.2, 0) is 22.6 Å². The summed E-state index contributed by atoms with van der Waals surface area (Å²) in [6, 6.07) is 19.8. The fraction of sp³-hybridized carbons (Fsp3) is 0.174. The zero-order valence-corrected chi connectivity index (χ0v) is 16.1. The van der Waals surface area contributed by atoms with Gasteiger partial charge in [0.05, 0.1) is 12.7 Å². The van der Waals surface area contributed by atoms with E-state index in [2.05, 4.69) is 10.3 Å². The minimum atomic E-state index is -0.822. The van der Waals surface area contributed by atoms with Crippen LogP contribution < -0.4 is 10.1 Å². The number of amides is 1. The number of nitrogens with zero attached hydrogens (tertiary/aromatic N) is 1.